The Bertz CT molecular complexity index is 1320. The summed E-state index contributed by atoms with van der Waals surface area (Å²) in [7, 11) is 1.15. The summed E-state index contributed by atoms with van der Waals surface area (Å²) in [6, 6.07) is 0. The number of likely N-dealkylation sites (N-methyl/N-ethyl adjacent to an activating group) is 1. The van der Waals surface area contributed by atoms with Crippen molar-refractivity contribution in [1.29, 1.82) is 0 Å². The first-order chi connectivity index (χ1) is 32.5. The smallest absolute Gasteiger partial charge is 0.306 e. The van der Waals surface area contributed by atoms with E-state index in [1.165, 1.54) is 128 Å². The lowest BCUT2D eigenvalue weighted by Crippen LogP contribution is -2.37. The van der Waals surface area contributed by atoms with E-state index in [0.717, 1.165) is 70.6 Å². The molecule has 0 aromatic heterocycles. The van der Waals surface area contributed by atoms with Gasteiger partial charge >= 0.3 is 11.9 Å². The van der Waals surface area contributed by atoms with Crippen LogP contribution >= 0.6 is 7.82 Å². The minimum absolute atomic E-state index is 0.0352. The molecule has 0 N–H and O–H groups in total. The number of phosphoric ester groups is 1. The first-order valence-electron chi connectivity index (χ1n) is 27.5. The maximum absolute atomic E-state index is 12.8. The van der Waals surface area contributed by atoms with Crippen molar-refractivity contribution in [3.05, 3.63) is 60.8 Å². The van der Waals surface area contributed by atoms with Crippen LogP contribution in [0.1, 0.15) is 239 Å². The molecule has 0 rings (SSSR count). The molecule has 0 radical (unpaired) electrons. The topological polar surface area (TPSA) is 111 Å². The van der Waals surface area contributed by atoms with Gasteiger partial charge in [0.15, 0.2) is 6.10 Å². The van der Waals surface area contributed by atoms with Gasteiger partial charge in [-0.3, -0.25) is 14.2 Å². The summed E-state index contributed by atoms with van der Waals surface area (Å²) in [4.78, 5) is 37.8. The third-order valence-corrected chi connectivity index (χ3v) is 12.7. The average molecular weight is 962 g/mol. The number of nitrogens with zero attached hydrogens (tertiary/aromatic N) is 1. The molecule has 0 aromatic rings. The van der Waals surface area contributed by atoms with Crippen LogP contribution in [-0.4, -0.2) is 70.0 Å². The molecule has 0 spiro atoms. The Morgan fingerprint density at radius 3 is 1.21 bits per heavy atom. The van der Waals surface area contributed by atoms with Crippen LogP contribution < -0.4 is 4.89 Å². The molecule has 67 heavy (non-hydrogen) atoms. The van der Waals surface area contributed by atoms with Crippen LogP contribution in [0.15, 0.2) is 60.8 Å². The summed E-state index contributed by atoms with van der Waals surface area (Å²) in [6.07, 6.45) is 61.1. The Hall–Kier alpha value is -2.29. The van der Waals surface area contributed by atoms with E-state index in [4.69, 9.17) is 18.5 Å². The Balaban J connectivity index is 4.19. The van der Waals surface area contributed by atoms with E-state index in [0.29, 0.717) is 23.9 Å². The fourth-order valence-corrected chi connectivity index (χ4v) is 8.19. The molecule has 2 atom stereocenters. The standard InChI is InChI=1S/C57H104NO8P/c1-6-8-10-12-14-16-18-20-22-24-25-26-27-28-29-30-31-32-33-34-36-38-40-42-44-46-48-50-57(60)66-55(54-65-67(61,62)64-52-51-58(3,4)5)53-63-56(59)49-47-45-43-41-39-37-35-23-21-19-17-15-13-11-9-7-2/h17-20,23-25,27-28,35,55H,6-16,21-22,26,29-34,36-54H2,1-5H3/b19-17-,20-18-,25-24-,28-27-,35-23-. The van der Waals surface area contributed by atoms with Crippen molar-refractivity contribution in [2.45, 2.75) is 245 Å². The number of carbonyl (C=O) groups is 2. The van der Waals surface area contributed by atoms with Crippen molar-refractivity contribution in [3.63, 3.8) is 0 Å². The highest BCUT2D eigenvalue weighted by Gasteiger charge is 2.21. The summed E-state index contributed by atoms with van der Waals surface area (Å²) in [5.74, 6) is -0.849. The van der Waals surface area contributed by atoms with Gasteiger partial charge in [-0.2, -0.15) is 0 Å². The lowest BCUT2D eigenvalue weighted by molar-refractivity contribution is -0.870. The number of esters is 2. The van der Waals surface area contributed by atoms with Gasteiger partial charge in [0.2, 0.25) is 0 Å². The molecular formula is C57H104NO8P. The monoisotopic (exact) mass is 962 g/mol. The van der Waals surface area contributed by atoms with E-state index >= 15 is 0 Å². The third kappa shape index (κ3) is 52.9. The maximum Gasteiger partial charge on any atom is 0.306 e. The summed E-state index contributed by atoms with van der Waals surface area (Å²) in [5.41, 5.74) is 0. The molecule has 0 heterocycles. The predicted molar refractivity (Wildman–Crippen MR) is 282 cm³/mol. The van der Waals surface area contributed by atoms with Crippen LogP contribution in [0.3, 0.4) is 0 Å². The number of hydrogen-bond donors (Lipinski definition) is 0. The van der Waals surface area contributed by atoms with Gasteiger partial charge in [-0.1, -0.05) is 203 Å². The van der Waals surface area contributed by atoms with Crippen molar-refractivity contribution in [2.24, 2.45) is 0 Å². The summed E-state index contributed by atoms with van der Waals surface area (Å²) in [5, 5.41) is 0. The van der Waals surface area contributed by atoms with E-state index in [1.807, 2.05) is 21.1 Å². The Morgan fingerprint density at radius 1 is 0.463 bits per heavy atom. The van der Waals surface area contributed by atoms with E-state index < -0.39 is 32.5 Å². The van der Waals surface area contributed by atoms with Gasteiger partial charge in [0.25, 0.3) is 7.82 Å². The number of allylic oxidation sites excluding steroid dienone is 10. The van der Waals surface area contributed by atoms with E-state index in [1.54, 1.807) is 0 Å². The fourth-order valence-electron chi connectivity index (χ4n) is 7.46. The quantitative estimate of drug-likeness (QED) is 0.0195. The molecule has 2 unspecified atom stereocenters. The molecule has 9 nitrogen and oxygen atoms in total. The van der Waals surface area contributed by atoms with Crippen molar-refractivity contribution in [1.82, 2.24) is 0 Å². The SMILES string of the molecule is CCCCCC/C=C\C/C=C\CCCCCCCC(=O)OCC(COP(=O)([O-])OCC[N+](C)(C)C)OC(=O)CCCCCCCCCCCCCC/C=C\C/C=C\C/C=C\CCCCCCC. The first-order valence-corrected chi connectivity index (χ1v) is 29.0. The van der Waals surface area contributed by atoms with Crippen molar-refractivity contribution in [2.75, 3.05) is 47.5 Å². The largest absolute Gasteiger partial charge is 0.756 e. The number of ether oxygens (including phenoxy) is 2. The second-order valence-electron chi connectivity index (χ2n) is 19.6. The molecule has 0 aliphatic rings. The summed E-state index contributed by atoms with van der Waals surface area (Å²) >= 11 is 0. The highest BCUT2D eigenvalue weighted by Crippen LogP contribution is 2.38. The van der Waals surface area contributed by atoms with Gasteiger partial charge < -0.3 is 27.9 Å². The number of rotatable bonds is 50. The van der Waals surface area contributed by atoms with Gasteiger partial charge in [-0.05, 0) is 83.5 Å². The van der Waals surface area contributed by atoms with Gasteiger partial charge in [0.05, 0.1) is 27.7 Å². The molecule has 390 valence electrons. The van der Waals surface area contributed by atoms with Crippen LogP contribution in [-0.2, 0) is 32.7 Å². The van der Waals surface area contributed by atoms with E-state index in [-0.39, 0.29) is 26.1 Å². The Labute approximate surface area is 413 Å². The molecule has 0 bridgehead atoms. The molecule has 0 saturated heterocycles. The number of hydrogen-bond acceptors (Lipinski definition) is 8. The fraction of sp³-hybridized carbons (Fsp3) is 0.789. The van der Waals surface area contributed by atoms with Gasteiger partial charge in [0, 0.05) is 12.8 Å². The van der Waals surface area contributed by atoms with Gasteiger partial charge in [-0.25, -0.2) is 0 Å². The molecule has 10 heteroatoms. The Morgan fingerprint density at radius 2 is 0.806 bits per heavy atom. The Kier molecular flexibility index (Phi) is 47.1. The predicted octanol–water partition coefficient (Wildman–Crippen LogP) is 16.1. The van der Waals surface area contributed by atoms with Crippen molar-refractivity contribution in [3.8, 4) is 0 Å². The zero-order valence-corrected chi connectivity index (χ0v) is 45.0. The summed E-state index contributed by atoms with van der Waals surface area (Å²) < 4.78 is 34.1. The van der Waals surface area contributed by atoms with E-state index in [2.05, 4.69) is 74.6 Å². The molecular weight excluding hydrogens is 858 g/mol. The highest BCUT2D eigenvalue weighted by atomic mass is 31.2. The number of carbonyl (C=O) groups excluding carboxylic acids is 2. The summed E-state index contributed by atoms with van der Waals surface area (Å²) in [6.45, 7) is 4.20. The number of quaternary nitrogens is 1. The van der Waals surface area contributed by atoms with Crippen LogP contribution in [0.4, 0.5) is 0 Å². The van der Waals surface area contributed by atoms with E-state index in [9.17, 15) is 19.0 Å². The maximum atomic E-state index is 12.8. The second-order valence-corrected chi connectivity index (χ2v) is 21.0. The number of unbranched alkanes of at least 4 members (excludes halogenated alkanes) is 26. The van der Waals surface area contributed by atoms with Crippen LogP contribution in [0, 0.1) is 0 Å². The normalized spacial score (nSPS) is 13.8. The molecule has 0 aliphatic heterocycles. The van der Waals surface area contributed by atoms with Crippen molar-refractivity contribution < 1.29 is 42.1 Å². The first kappa shape index (κ1) is 64.7. The minimum atomic E-state index is -4.64. The van der Waals surface area contributed by atoms with Crippen molar-refractivity contribution >= 4 is 19.8 Å². The molecule has 0 aliphatic carbocycles. The number of phosphoric acid groups is 1. The molecule has 0 amide bonds. The zero-order valence-electron chi connectivity index (χ0n) is 44.1. The van der Waals surface area contributed by atoms with Gasteiger partial charge in [0.1, 0.15) is 19.8 Å². The molecule has 0 aromatic carbocycles. The molecule has 0 saturated carbocycles. The lowest BCUT2D eigenvalue weighted by atomic mass is 10.0. The lowest BCUT2D eigenvalue weighted by Gasteiger charge is -2.28. The average Bonchev–Trinajstić information content (AvgIpc) is 3.29. The van der Waals surface area contributed by atoms with Gasteiger partial charge in [-0.15, -0.1) is 0 Å². The molecule has 0 fully saturated rings. The third-order valence-electron chi connectivity index (χ3n) is 11.8. The highest BCUT2D eigenvalue weighted by molar-refractivity contribution is 7.45. The van der Waals surface area contributed by atoms with Crippen LogP contribution in [0.25, 0.3) is 0 Å². The van der Waals surface area contributed by atoms with Crippen LogP contribution in [0.2, 0.25) is 0 Å². The second kappa shape index (κ2) is 48.7. The van der Waals surface area contributed by atoms with Crippen LogP contribution in [0.5, 0.6) is 0 Å². The zero-order chi connectivity index (χ0) is 49.2. The minimum Gasteiger partial charge on any atom is -0.756 e.